The second kappa shape index (κ2) is 3.81. The van der Waals surface area contributed by atoms with Crippen LogP contribution in [0.5, 0.6) is 11.5 Å². The average Bonchev–Trinajstić information content (AvgIpc) is 2.74. The smallest absolute Gasteiger partial charge is 0.341 e. The Labute approximate surface area is 87.8 Å². The largest absolute Gasteiger partial charge is 0.497 e. The van der Waals surface area contributed by atoms with E-state index in [0.717, 1.165) is 12.0 Å². The van der Waals surface area contributed by atoms with E-state index in [1.54, 1.807) is 13.2 Å². The van der Waals surface area contributed by atoms with Crippen molar-refractivity contribution in [3.05, 3.63) is 23.3 Å². The standard InChI is InChI=1S/C11H12O4/c1-13-8-5-7-3-4-15-10(7)9(6-8)11(12)14-2/h5-6H,3-4H2,1-2H3. The van der Waals surface area contributed by atoms with Gasteiger partial charge in [-0.25, -0.2) is 4.79 Å². The Morgan fingerprint density at radius 2 is 2.20 bits per heavy atom. The predicted octanol–water partition coefficient (Wildman–Crippen LogP) is 1.42. The van der Waals surface area contributed by atoms with Crippen molar-refractivity contribution in [1.29, 1.82) is 0 Å². The minimum atomic E-state index is -0.396. The average molecular weight is 208 g/mol. The molecule has 1 aromatic rings. The van der Waals surface area contributed by atoms with E-state index in [1.807, 2.05) is 6.07 Å². The van der Waals surface area contributed by atoms with Gasteiger partial charge in [-0.2, -0.15) is 0 Å². The molecule has 0 aromatic heterocycles. The summed E-state index contributed by atoms with van der Waals surface area (Å²) in [6.45, 7) is 0.604. The molecule has 4 heteroatoms. The van der Waals surface area contributed by atoms with Crippen LogP contribution in [0.2, 0.25) is 0 Å². The number of hydrogen-bond donors (Lipinski definition) is 0. The van der Waals surface area contributed by atoms with E-state index in [1.165, 1.54) is 7.11 Å². The molecule has 0 aliphatic carbocycles. The number of benzene rings is 1. The fraction of sp³-hybridized carbons (Fsp3) is 0.364. The van der Waals surface area contributed by atoms with Crippen LogP contribution in [0.25, 0.3) is 0 Å². The third kappa shape index (κ3) is 1.63. The molecular formula is C11H12O4. The first-order valence-corrected chi connectivity index (χ1v) is 4.68. The SMILES string of the molecule is COC(=O)c1cc(OC)cc2c1OCC2. The van der Waals surface area contributed by atoms with Gasteiger partial charge in [-0.15, -0.1) is 0 Å². The van der Waals surface area contributed by atoms with Crippen molar-refractivity contribution in [2.75, 3.05) is 20.8 Å². The number of methoxy groups -OCH3 is 2. The van der Waals surface area contributed by atoms with Gasteiger partial charge in [-0.1, -0.05) is 0 Å². The van der Waals surface area contributed by atoms with Crippen molar-refractivity contribution in [3.63, 3.8) is 0 Å². The monoisotopic (exact) mass is 208 g/mol. The van der Waals surface area contributed by atoms with Gasteiger partial charge in [0.1, 0.15) is 17.1 Å². The van der Waals surface area contributed by atoms with Crippen molar-refractivity contribution in [2.24, 2.45) is 0 Å². The van der Waals surface area contributed by atoms with Crippen molar-refractivity contribution in [3.8, 4) is 11.5 Å². The lowest BCUT2D eigenvalue weighted by atomic mass is 10.1. The molecule has 0 saturated carbocycles. The molecule has 0 bridgehead atoms. The van der Waals surface area contributed by atoms with Crippen LogP contribution in [0.15, 0.2) is 12.1 Å². The molecule has 0 amide bonds. The van der Waals surface area contributed by atoms with E-state index in [4.69, 9.17) is 9.47 Å². The van der Waals surface area contributed by atoms with Gasteiger partial charge in [-0.05, 0) is 12.1 Å². The van der Waals surface area contributed by atoms with Crippen molar-refractivity contribution < 1.29 is 19.0 Å². The summed E-state index contributed by atoms with van der Waals surface area (Å²) in [7, 11) is 2.92. The molecule has 0 fully saturated rings. The van der Waals surface area contributed by atoms with Crippen LogP contribution < -0.4 is 9.47 Å². The van der Waals surface area contributed by atoms with Gasteiger partial charge >= 0.3 is 5.97 Å². The summed E-state index contributed by atoms with van der Waals surface area (Å²) in [5.74, 6) is 0.884. The molecule has 4 nitrogen and oxygen atoms in total. The van der Waals surface area contributed by atoms with E-state index in [2.05, 4.69) is 4.74 Å². The van der Waals surface area contributed by atoms with Gasteiger partial charge in [0, 0.05) is 12.0 Å². The molecular weight excluding hydrogens is 196 g/mol. The summed E-state index contributed by atoms with van der Waals surface area (Å²) in [5.41, 5.74) is 1.43. The molecule has 0 spiro atoms. The van der Waals surface area contributed by atoms with Gasteiger partial charge in [0.25, 0.3) is 0 Å². The molecule has 0 atom stereocenters. The van der Waals surface area contributed by atoms with Crippen LogP contribution in [0.1, 0.15) is 15.9 Å². The minimum Gasteiger partial charge on any atom is -0.497 e. The number of carbonyl (C=O) groups excluding carboxylic acids is 1. The third-order valence-electron chi connectivity index (χ3n) is 2.40. The summed E-state index contributed by atoms with van der Waals surface area (Å²) < 4.78 is 15.2. The Bertz CT molecular complexity index is 398. The minimum absolute atomic E-state index is 0.396. The van der Waals surface area contributed by atoms with Crippen molar-refractivity contribution in [2.45, 2.75) is 6.42 Å². The van der Waals surface area contributed by atoms with Crippen LogP contribution in [-0.2, 0) is 11.2 Å². The predicted molar refractivity (Wildman–Crippen MR) is 53.5 cm³/mol. The molecule has 0 unspecified atom stereocenters. The highest BCUT2D eigenvalue weighted by molar-refractivity contribution is 5.93. The van der Waals surface area contributed by atoms with Gasteiger partial charge < -0.3 is 14.2 Å². The molecule has 2 rings (SSSR count). The van der Waals surface area contributed by atoms with Crippen LogP contribution in [0, 0.1) is 0 Å². The van der Waals surface area contributed by atoms with E-state index in [0.29, 0.717) is 23.7 Å². The summed E-state index contributed by atoms with van der Waals surface area (Å²) in [6.07, 6.45) is 0.802. The molecule has 0 N–H and O–H groups in total. The summed E-state index contributed by atoms with van der Waals surface area (Å²) in [4.78, 5) is 11.5. The second-order valence-electron chi connectivity index (χ2n) is 3.25. The van der Waals surface area contributed by atoms with E-state index in [9.17, 15) is 4.79 Å². The number of rotatable bonds is 2. The first-order valence-electron chi connectivity index (χ1n) is 4.68. The van der Waals surface area contributed by atoms with Crippen LogP contribution in [0.4, 0.5) is 0 Å². The fourth-order valence-electron chi connectivity index (χ4n) is 1.66. The summed E-state index contributed by atoms with van der Waals surface area (Å²) in [6, 6.07) is 3.52. The summed E-state index contributed by atoms with van der Waals surface area (Å²) in [5, 5.41) is 0. The highest BCUT2D eigenvalue weighted by Gasteiger charge is 2.22. The Morgan fingerprint density at radius 3 is 2.87 bits per heavy atom. The Morgan fingerprint density at radius 1 is 1.40 bits per heavy atom. The normalized spacial score (nSPS) is 12.9. The molecule has 1 aromatic carbocycles. The lowest BCUT2D eigenvalue weighted by molar-refractivity contribution is 0.0596. The maximum absolute atomic E-state index is 11.5. The first kappa shape index (κ1) is 9.83. The molecule has 15 heavy (non-hydrogen) atoms. The highest BCUT2D eigenvalue weighted by Crippen LogP contribution is 2.34. The molecule has 1 aliphatic heterocycles. The lowest BCUT2D eigenvalue weighted by Gasteiger charge is -2.08. The highest BCUT2D eigenvalue weighted by atomic mass is 16.5. The number of fused-ring (bicyclic) bond motifs is 1. The molecule has 1 heterocycles. The van der Waals surface area contributed by atoms with Crippen LogP contribution in [-0.4, -0.2) is 26.8 Å². The molecule has 0 saturated heterocycles. The van der Waals surface area contributed by atoms with Crippen molar-refractivity contribution in [1.82, 2.24) is 0 Å². The lowest BCUT2D eigenvalue weighted by Crippen LogP contribution is -2.04. The fourth-order valence-corrected chi connectivity index (χ4v) is 1.66. The second-order valence-corrected chi connectivity index (χ2v) is 3.25. The van der Waals surface area contributed by atoms with Crippen LogP contribution in [0.3, 0.4) is 0 Å². The quantitative estimate of drug-likeness (QED) is 0.689. The number of esters is 1. The van der Waals surface area contributed by atoms with E-state index >= 15 is 0 Å². The number of hydrogen-bond acceptors (Lipinski definition) is 4. The zero-order valence-electron chi connectivity index (χ0n) is 8.70. The molecule has 80 valence electrons. The third-order valence-corrected chi connectivity index (χ3v) is 2.40. The Kier molecular flexibility index (Phi) is 2.49. The maximum atomic E-state index is 11.5. The Hall–Kier alpha value is -1.71. The Balaban J connectivity index is 2.52. The van der Waals surface area contributed by atoms with Gasteiger partial charge in [-0.3, -0.25) is 0 Å². The molecule has 1 aliphatic rings. The first-order chi connectivity index (χ1) is 7.26. The topological polar surface area (TPSA) is 44.8 Å². The van der Waals surface area contributed by atoms with Crippen molar-refractivity contribution >= 4 is 5.97 Å². The number of carbonyl (C=O) groups is 1. The number of ether oxygens (including phenoxy) is 3. The van der Waals surface area contributed by atoms with E-state index < -0.39 is 5.97 Å². The van der Waals surface area contributed by atoms with Gasteiger partial charge in [0.15, 0.2) is 0 Å². The van der Waals surface area contributed by atoms with E-state index in [-0.39, 0.29) is 0 Å². The summed E-state index contributed by atoms with van der Waals surface area (Å²) >= 11 is 0. The zero-order valence-corrected chi connectivity index (χ0v) is 8.70. The zero-order chi connectivity index (χ0) is 10.8. The van der Waals surface area contributed by atoms with Crippen LogP contribution >= 0.6 is 0 Å². The maximum Gasteiger partial charge on any atom is 0.341 e. The molecule has 0 radical (unpaired) electrons. The van der Waals surface area contributed by atoms with Gasteiger partial charge in [0.05, 0.1) is 20.8 Å². The van der Waals surface area contributed by atoms with Gasteiger partial charge in [0.2, 0.25) is 0 Å².